The van der Waals surface area contributed by atoms with Gasteiger partial charge in [0.1, 0.15) is 23.1 Å². The molecular formula is C24H22FN3O4S. The van der Waals surface area contributed by atoms with E-state index in [2.05, 4.69) is 9.62 Å². The summed E-state index contributed by atoms with van der Waals surface area (Å²) >= 11 is 0. The van der Waals surface area contributed by atoms with Crippen LogP contribution >= 0.6 is 0 Å². The Labute approximate surface area is 191 Å². The molecule has 0 saturated carbocycles. The third kappa shape index (κ3) is 4.29. The van der Waals surface area contributed by atoms with Crippen LogP contribution in [0.3, 0.4) is 0 Å². The molecule has 0 spiro atoms. The average molecular weight is 468 g/mol. The van der Waals surface area contributed by atoms with Crippen molar-refractivity contribution in [2.75, 3.05) is 31.0 Å². The predicted octanol–water partition coefficient (Wildman–Crippen LogP) is 4.45. The summed E-state index contributed by atoms with van der Waals surface area (Å²) in [4.78, 5) is 6.81. The first-order valence-electron chi connectivity index (χ1n) is 10.5. The van der Waals surface area contributed by atoms with Gasteiger partial charge in [-0.1, -0.05) is 18.2 Å². The van der Waals surface area contributed by atoms with Gasteiger partial charge in [-0.05, 0) is 55.0 Å². The first-order chi connectivity index (χ1) is 15.9. The highest BCUT2D eigenvalue weighted by molar-refractivity contribution is 7.92. The van der Waals surface area contributed by atoms with Crippen LogP contribution in [0.1, 0.15) is 11.1 Å². The Kier molecular flexibility index (Phi) is 5.51. The van der Waals surface area contributed by atoms with Gasteiger partial charge in [-0.15, -0.1) is 0 Å². The molecule has 0 aromatic heterocycles. The number of ether oxygens (including phenoxy) is 2. The lowest BCUT2D eigenvalue weighted by molar-refractivity contribution is 0.0683. The van der Waals surface area contributed by atoms with Crippen molar-refractivity contribution in [2.45, 2.75) is 11.8 Å². The van der Waals surface area contributed by atoms with E-state index >= 15 is 0 Å². The third-order valence-electron chi connectivity index (χ3n) is 5.55. The van der Waals surface area contributed by atoms with E-state index in [1.54, 1.807) is 25.1 Å². The Morgan fingerprint density at radius 3 is 2.58 bits per heavy atom. The van der Waals surface area contributed by atoms with Crippen molar-refractivity contribution < 1.29 is 22.3 Å². The second-order valence-corrected chi connectivity index (χ2v) is 9.51. The Morgan fingerprint density at radius 2 is 1.79 bits per heavy atom. The Bertz CT molecular complexity index is 1350. The zero-order chi connectivity index (χ0) is 23.0. The molecule has 2 aliphatic rings. The van der Waals surface area contributed by atoms with Crippen LogP contribution in [0, 0.1) is 12.7 Å². The van der Waals surface area contributed by atoms with E-state index in [4.69, 9.17) is 14.5 Å². The summed E-state index contributed by atoms with van der Waals surface area (Å²) in [6.45, 7) is 4.03. The quantitative estimate of drug-likeness (QED) is 0.616. The number of hydrogen-bond donors (Lipinski definition) is 1. The number of benzene rings is 3. The Morgan fingerprint density at radius 1 is 1.00 bits per heavy atom. The van der Waals surface area contributed by atoms with Crippen molar-refractivity contribution in [1.82, 2.24) is 4.90 Å². The monoisotopic (exact) mass is 467 g/mol. The first kappa shape index (κ1) is 21.4. The molecule has 170 valence electrons. The second kappa shape index (κ2) is 8.49. The number of halogens is 1. The zero-order valence-corrected chi connectivity index (χ0v) is 18.7. The van der Waals surface area contributed by atoms with Gasteiger partial charge < -0.3 is 14.4 Å². The van der Waals surface area contributed by atoms with Crippen molar-refractivity contribution in [2.24, 2.45) is 4.99 Å². The highest BCUT2D eigenvalue weighted by atomic mass is 32.2. The number of morpholine rings is 1. The predicted molar refractivity (Wildman–Crippen MR) is 123 cm³/mol. The van der Waals surface area contributed by atoms with Crippen LogP contribution in [-0.4, -0.2) is 45.5 Å². The fourth-order valence-electron chi connectivity index (χ4n) is 3.76. The molecule has 9 heteroatoms. The minimum absolute atomic E-state index is 0.147. The van der Waals surface area contributed by atoms with Crippen molar-refractivity contribution in [3.8, 4) is 11.5 Å². The summed E-state index contributed by atoms with van der Waals surface area (Å²) in [6, 6.07) is 16.3. The van der Waals surface area contributed by atoms with Crippen molar-refractivity contribution in [3.05, 3.63) is 77.6 Å². The van der Waals surface area contributed by atoms with Gasteiger partial charge in [-0.3, -0.25) is 4.72 Å². The number of nitrogens with zero attached hydrogens (tertiary/aromatic N) is 2. The van der Waals surface area contributed by atoms with Gasteiger partial charge >= 0.3 is 0 Å². The molecule has 3 aromatic carbocycles. The lowest BCUT2D eigenvalue weighted by Crippen LogP contribution is -2.41. The molecule has 5 rings (SSSR count). The van der Waals surface area contributed by atoms with Crippen LogP contribution in [-0.2, 0) is 14.8 Å². The number of hydrogen-bond acceptors (Lipinski definition) is 6. The summed E-state index contributed by atoms with van der Waals surface area (Å²) in [5.41, 5.74) is 2.04. The molecule has 1 N–H and O–H groups in total. The van der Waals surface area contributed by atoms with Gasteiger partial charge in [0.25, 0.3) is 10.0 Å². The molecule has 7 nitrogen and oxygen atoms in total. The van der Waals surface area contributed by atoms with E-state index in [0.29, 0.717) is 66.1 Å². The largest absolute Gasteiger partial charge is 0.454 e. The number of aryl methyl sites for hydroxylation is 1. The highest BCUT2D eigenvalue weighted by Crippen LogP contribution is 2.39. The van der Waals surface area contributed by atoms with Gasteiger partial charge in [0, 0.05) is 18.8 Å². The second-order valence-electron chi connectivity index (χ2n) is 7.83. The average Bonchev–Trinajstić information content (AvgIpc) is 2.97. The molecule has 0 amide bonds. The van der Waals surface area contributed by atoms with Crippen molar-refractivity contribution >= 4 is 27.2 Å². The normalized spacial score (nSPS) is 15.6. The maximum absolute atomic E-state index is 14.0. The lowest BCUT2D eigenvalue weighted by atomic mass is 10.1. The molecule has 1 fully saturated rings. The summed E-state index contributed by atoms with van der Waals surface area (Å²) in [5.74, 6) is 1.29. The van der Waals surface area contributed by atoms with Crippen LogP contribution < -0.4 is 9.46 Å². The number of amidine groups is 1. The van der Waals surface area contributed by atoms with E-state index in [-0.39, 0.29) is 4.90 Å². The number of nitrogens with one attached hydrogen (secondary N) is 1. The first-order valence-corrected chi connectivity index (χ1v) is 12.0. The summed E-state index contributed by atoms with van der Waals surface area (Å²) in [6.07, 6.45) is 0. The van der Waals surface area contributed by atoms with E-state index in [9.17, 15) is 12.8 Å². The topological polar surface area (TPSA) is 80.2 Å². The molecule has 0 bridgehead atoms. The number of anilines is 1. The maximum atomic E-state index is 14.0. The Hall–Kier alpha value is -3.43. The standard InChI is InChI=1S/C24H22FN3O4S/c1-16-6-8-18(15-20(16)25)33(29,30)27-17-7-9-22-19(14-17)24(28-10-12-31-13-11-28)26-21-4-2-3-5-23(21)32-22/h2-9,14-15,27H,10-13H2,1H3. The summed E-state index contributed by atoms with van der Waals surface area (Å²) in [5, 5.41) is 0. The smallest absolute Gasteiger partial charge is 0.261 e. The van der Waals surface area contributed by atoms with Gasteiger partial charge in [-0.2, -0.15) is 0 Å². The molecule has 2 heterocycles. The van der Waals surface area contributed by atoms with Crippen LogP contribution in [0.5, 0.6) is 11.5 Å². The van der Waals surface area contributed by atoms with E-state index in [1.807, 2.05) is 24.3 Å². The lowest BCUT2D eigenvalue weighted by Gasteiger charge is -2.30. The van der Waals surface area contributed by atoms with E-state index in [1.165, 1.54) is 12.1 Å². The molecule has 0 atom stereocenters. The van der Waals surface area contributed by atoms with Crippen molar-refractivity contribution in [1.29, 1.82) is 0 Å². The molecule has 0 radical (unpaired) electrons. The van der Waals surface area contributed by atoms with Gasteiger partial charge in [-0.25, -0.2) is 17.8 Å². The summed E-state index contributed by atoms with van der Waals surface area (Å²) < 4.78 is 53.9. The van der Waals surface area contributed by atoms with Gasteiger partial charge in [0.05, 0.1) is 23.7 Å². The molecular weight excluding hydrogens is 445 g/mol. The fraction of sp³-hybridized carbons (Fsp3) is 0.208. The molecule has 2 aliphatic heterocycles. The number of sulfonamides is 1. The zero-order valence-electron chi connectivity index (χ0n) is 17.9. The molecule has 33 heavy (non-hydrogen) atoms. The number of fused-ring (bicyclic) bond motifs is 2. The van der Waals surface area contributed by atoms with E-state index in [0.717, 1.165) is 6.07 Å². The van der Waals surface area contributed by atoms with Crippen LogP contribution in [0.15, 0.2) is 70.6 Å². The number of para-hydroxylation sites is 2. The number of aliphatic imine (C=N–C) groups is 1. The van der Waals surface area contributed by atoms with E-state index < -0.39 is 15.8 Å². The molecule has 0 unspecified atom stereocenters. The fourth-order valence-corrected chi connectivity index (χ4v) is 4.82. The van der Waals surface area contributed by atoms with Gasteiger partial charge in [0.2, 0.25) is 0 Å². The van der Waals surface area contributed by atoms with Gasteiger partial charge in [0.15, 0.2) is 5.75 Å². The third-order valence-corrected chi connectivity index (χ3v) is 6.93. The minimum Gasteiger partial charge on any atom is -0.454 e. The molecule has 3 aromatic rings. The number of rotatable bonds is 3. The molecule has 1 saturated heterocycles. The van der Waals surface area contributed by atoms with Crippen LogP contribution in [0.2, 0.25) is 0 Å². The van der Waals surface area contributed by atoms with Crippen LogP contribution in [0.25, 0.3) is 0 Å². The Balaban J connectivity index is 1.55. The SMILES string of the molecule is Cc1ccc(S(=O)(=O)Nc2ccc3c(c2)C(N2CCOCC2)=Nc2ccccc2O3)cc1F. The van der Waals surface area contributed by atoms with Crippen LogP contribution in [0.4, 0.5) is 15.8 Å². The highest BCUT2D eigenvalue weighted by Gasteiger charge is 2.25. The maximum Gasteiger partial charge on any atom is 0.261 e. The summed E-state index contributed by atoms with van der Waals surface area (Å²) in [7, 11) is -3.99. The minimum atomic E-state index is -3.99. The molecule has 0 aliphatic carbocycles. The van der Waals surface area contributed by atoms with Crippen molar-refractivity contribution in [3.63, 3.8) is 0 Å².